The maximum Gasteiger partial charge on any atom is 0.141 e. The van der Waals surface area contributed by atoms with Gasteiger partial charge in [-0.3, -0.25) is 0 Å². The summed E-state index contributed by atoms with van der Waals surface area (Å²) < 4.78 is 13.2. The topological polar surface area (TPSA) is 12.0 Å². The lowest BCUT2D eigenvalue weighted by molar-refractivity contribution is 0.624. The van der Waals surface area contributed by atoms with Crippen LogP contribution in [0.25, 0.3) is 0 Å². The number of halogens is 2. The van der Waals surface area contributed by atoms with Gasteiger partial charge in [0.1, 0.15) is 5.82 Å². The maximum absolute atomic E-state index is 13.2. The van der Waals surface area contributed by atoms with Gasteiger partial charge in [-0.1, -0.05) is 48.9 Å². The second-order valence-electron chi connectivity index (χ2n) is 4.49. The Kier molecular flexibility index (Phi) is 4.56. The predicted molar refractivity (Wildman–Crippen MR) is 78.1 cm³/mol. The smallest absolute Gasteiger partial charge is 0.141 e. The standard InChI is InChI=1S/C16H17ClFN/c1-3-11-5-4-6-12(9-11)16(19-2)13-7-8-15(18)14(17)10-13/h4-10,16,19H,3H2,1-2H3. The summed E-state index contributed by atoms with van der Waals surface area (Å²) in [5.41, 5.74) is 3.40. The zero-order valence-electron chi connectivity index (χ0n) is 11.1. The van der Waals surface area contributed by atoms with E-state index in [-0.39, 0.29) is 16.9 Å². The Morgan fingerprint density at radius 1 is 1.16 bits per heavy atom. The average Bonchev–Trinajstić information content (AvgIpc) is 2.44. The maximum atomic E-state index is 13.2. The molecule has 2 aromatic carbocycles. The van der Waals surface area contributed by atoms with Crippen LogP contribution >= 0.6 is 11.6 Å². The van der Waals surface area contributed by atoms with Gasteiger partial charge in [-0.15, -0.1) is 0 Å². The van der Waals surface area contributed by atoms with Gasteiger partial charge in [0, 0.05) is 0 Å². The fourth-order valence-electron chi connectivity index (χ4n) is 2.21. The van der Waals surface area contributed by atoms with Crippen LogP contribution in [0, 0.1) is 5.82 Å². The first-order valence-corrected chi connectivity index (χ1v) is 6.74. The Morgan fingerprint density at radius 3 is 2.53 bits per heavy atom. The highest BCUT2D eigenvalue weighted by atomic mass is 35.5. The molecule has 2 rings (SSSR count). The van der Waals surface area contributed by atoms with Gasteiger partial charge in [0.25, 0.3) is 0 Å². The molecule has 1 nitrogen and oxygen atoms in total. The summed E-state index contributed by atoms with van der Waals surface area (Å²) in [5, 5.41) is 3.41. The molecule has 0 saturated heterocycles. The van der Waals surface area contributed by atoms with E-state index in [0.29, 0.717) is 0 Å². The second kappa shape index (κ2) is 6.18. The quantitative estimate of drug-likeness (QED) is 0.876. The third-order valence-electron chi connectivity index (χ3n) is 3.26. The second-order valence-corrected chi connectivity index (χ2v) is 4.90. The van der Waals surface area contributed by atoms with Crippen molar-refractivity contribution in [2.45, 2.75) is 19.4 Å². The fourth-order valence-corrected chi connectivity index (χ4v) is 2.40. The summed E-state index contributed by atoms with van der Waals surface area (Å²) in [6.07, 6.45) is 0.994. The molecule has 0 radical (unpaired) electrons. The van der Waals surface area contributed by atoms with Gasteiger partial charge in [-0.05, 0) is 42.3 Å². The van der Waals surface area contributed by atoms with E-state index in [1.54, 1.807) is 12.1 Å². The molecule has 0 heterocycles. The first kappa shape index (κ1) is 14.0. The summed E-state index contributed by atoms with van der Waals surface area (Å²) >= 11 is 5.86. The van der Waals surface area contributed by atoms with E-state index in [2.05, 4.69) is 30.4 Å². The molecular weight excluding hydrogens is 261 g/mol. The number of aryl methyl sites for hydroxylation is 1. The fraction of sp³-hybridized carbons (Fsp3) is 0.250. The van der Waals surface area contributed by atoms with Crippen molar-refractivity contribution in [2.75, 3.05) is 7.05 Å². The van der Waals surface area contributed by atoms with E-state index in [1.807, 2.05) is 13.1 Å². The van der Waals surface area contributed by atoms with E-state index in [0.717, 1.165) is 17.5 Å². The van der Waals surface area contributed by atoms with Crippen LogP contribution < -0.4 is 5.32 Å². The van der Waals surface area contributed by atoms with E-state index in [1.165, 1.54) is 11.6 Å². The van der Waals surface area contributed by atoms with Gasteiger partial charge in [-0.25, -0.2) is 4.39 Å². The van der Waals surface area contributed by atoms with E-state index < -0.39 is 0 Å². The molecule has 0 aliphatic heterocycles. The third-order valence-corrected chi connectivity index (χ3v) is 3.55. The number of hydrogen-bond acceptors (Lipinski definition) is 1. The van der Waals surface area contributed by atoms with Crippen molar-refractivity contribution in [2.24, 2.45) is 0 Å². The first-order chi connectivity index (χ1) is 9.15. The summed E-state index contributed by atoms with van der Waals surface area (Å²) in [5.74, 6) is -0.387. The largest absolute Gasteiger partial charge is 0.309 e. The van der Waals surface area contributed by atoms with E-state index in [9.17, 15) is 4.39 Å². The molecule has 2 aromatic rings. The number of hydrogen-bond donors (Lipinski definition) is 1. The summed E-state index contributed by atoms with van der Waals surface area (Å²) in [6, 6.07) is 13.3. The Bertz CT molecular complexity index is 568. The molecule has 0 aromatic heterocycles. The summed E-state index contributed by atoms with van der Waals surface area (Å²) in [7, 11) is 1.89. The van der Waals surface area contributed by atoms with Gasteiger partial charge < -0.3 is 5.32 Å². The van der Waals surface area contributed by atoms with Gasteiger partial charge in [0.05, 0.1) is 11.1 Å². The molecule has 0 bridgehead atoms. The van der Waals surface area contributed by atoms with Crippen molar-refractivity contribution in [3.63, 3.8) is 0 Å². The van der Waals surface area contributed by atoms with Crippen molar-refractivity contribution in [3.05, 3.63) is 70.0 Å². The van der Waals surface area contributed by atoms with Crippen molar-refractivity contribution < 1.29 is 4.39 Å². The lowest BCUT2D eigenvalue weighted by Gasteiger charge is -2.18. The van der Waals surface area contributed by atoms with Crippen molar-refractivity contribution >= 4 is 11.6 Å². The van der Waals surface area contributed by atoms with E-state index in [4.69, 9.17) is 11.6 Å². The Hall–Kier alpha value is -1.38. The van der Waals surface area contributed by atoms with Crippen LogP contribution in [0.2, 0.25) is 5.02 Å². The Morgan fingerprint density at radius 2 is 1.89 bits per heavy atom. The molecule has 0 aliphatic rings. The van der Waals surface area contributed by atoms with Crippen molar-refractivity contribution in [3.8, 4) is 0 Å². The monoisotopic (exact) mass is 277 g/mol. The minimum atomic E-state index is -0.387. The summed E-state index contributed by atoms with van der Waals surface area (Å²) in [6.45, 7) is 2.13. The molecule has 0 amide bonds. The summed E-state index contributed by atoms with van der Waals surface area (Å²) in [4.78, 5) is 0. The molecule has 1 atom stereocenters. The van der Waals surface area contributed by atoms with Gasteiger partial charge in [0.2, 0.25) is 0 Å². The van der Waals surface area contributed by atoms with Gasteiger partial charge in [0.15, 0.2) is 0 Å². The molecule has 0 saturated carbocycles. The molecule has 19 heavy (non-hydrogen) atoms. The van der Waals surface area contributed by atoms with Crippen LogP contribution in [0.3, 0.4) is 0 Å². The lowest BCUT2D eigenvalue weighted by atomic mass is 9.96. The highest BCUT2D eigenvalue weighted by Gasteiger charge is 2.13. The Labute approximate surface area is 118 Å². The molecular formula is C16H17ClFN. The van der Waals surface area contributed by atoms with E-state index >= 15 is 0 Å². The average molecular weight is 278 g/mol. The number of nitrogens with one attached hydrogen (secondary N) is 1. The highest BCUT2D eigenvalue weighted by Crippen LogP contribution is 2.26. The zero-order valence-corrected chi connectivity index (χ0v) is 11.8. The molecule has 0 aliphatic carbocycles. The van der Waals surface area contributed by atoms with Crippen molar-refractivity contribution in [1.29, 1.82) is 0 Å². The third kappa shape index (κ3) is 3.14. The van der Waals surface area contributed by atoms with Crippen LogP contribution in [0.4, 0.5) is 4.39 Å². The molecule has 100 valence electrons. The SMILES string of the molecule is CCc1cccc(C(NC)c2ccc(F)c(Cl)c2)c1. The molecule has 3 heteroatoms. The van der Waals surface area contributed by atoms with Crippen LogP contribution in [0.15, 0.2) is 42.5 Å². The zero-order chi connectivity index (χ0) is 13.8. The Balaban J connectivity index is 2.40. The predicted octanol–water partition coefficient (Wildman–Crippen LogP) is 4.35. The number of benzene rings is 2. The molecule has 1 N–H and O–H groups in total. The lowest BCUT2D eigenvalue weighted by Crippen LogP contribution is -2.17. The van der Waals surface area contributed by atoms with Crippen LogP contribution in [-0.4, -0.2) is 7.05 Å². The van der Waals surface area contributed by atoms with Gasteiger partial charge >= 0.3 is 0 Å². The van der Waals surface area contributed by atoms with Crippen molar-refractivity contribution in [1.82, 2.24) is 5.32 Å². The number of rotatable bonds is 4. The highest BCUT2D eigenvalue weighted by molar-refractivity contribution is 6.30. The minimum Gasteiger partial charge on any atom is -0.309 e. The van der Waals surface area contributed by atoms with Crippen LogP contribution in [0.5, 0.6) is 0 Å². The van der Waals surface area contributed by atoms with Crippen LogP contribution in [0.1, 0.15) is 29.7 Å². The van der Waals surface area contributed by atoms with Crippen LogP contribution in [-0.2, 0) is 6.42 Å². The van der Waals surface area contributed by atoms with Gasteiger partial charge in [-0.2, -0.15) is 0 Å². The minimum absolute atomic E-state index is 0.0181. The normalized spacial score (nSPS) is 12.4. The molecule has 0 fully saturated rings. The molecule has 0 spiro atoms. The molecule has 1 unspecified atom stereocenters. The first-order valence-electron chi connectivity index (χ1n) is 6.36.